The highest BCUT2D eigenvalue weighted by Crippen LogP contribution is 2.15. The van der Waals surface area contributed by atoms with Gasteiger partial charge in [0.1, 0.15) is 0 Å². The van der Waals surface area contributed by atoms with E-state index in [1.165, 1.54) is 0 Å². The first-order valence-corrected chi connectivity index (χ1v) is 7.12. The number of benzene rings is 1. The maximum atomic E-state index is 5.19. The number of anilines is 1. The summed E-state index contributed by atoms with van der Waals surface area (Å²) in [5.74, 6) is 0. The van der Waals surface area contributed by atoms with Crippen molar-refractivity contribution in [2.75, 3.05) is 5.32 Å². The van der Waals surface area contributed by atoms with Crippen molar-refractivity contribution in [3.05, 3.63) is 58.8 Å². The zero-order chi connectivity index (χ0) is 14.4. The fourth-order valence-electron chi connectivity index (χ4n) is 1.50. The summed E-state index contributed by atoms with van der Waals surface area (Å²) in [6.07, 6.45) is 3.48. The summed E-state index contributed by atoms with van der Waals surface area (Å²) in [6.45, 7) is 1.89. The Balaban J connectivity index is 1.95. The van der Waals surface area contributed by atoms with Gasteiger partial charge in [-0.25, -0.2) is 0 Å². The Morgan fingerprint density at radius 1 is 1.30 bits per heavy atom. The first-order chi connectivity index (χ1) is 9.65. The van der Waals surface area contributed by atoms with E-state index in [2.05, 4.69) is 36.8 Å². The number of hydrogen-bond acceptors (Lipinski definition) is 3. The molecule has 20 heavy (non-hydrogen) atoms. The van der Waals surface area contributed by atoms with Gasteiger partial charge in [-0.15, -0.1) is 0 Å². The average molecular weight is 349 g/mol. The van der Waals surface area contributed by atoms with Gasteiger partial charge in [-0.1, -0.05) is 28.1 Å². The van der Waals surface area contributed by atoms with Crippen LogP contribution in [0, 0.1) is 0 Å². The zero-order valence-corrected chi connectivity index (χ0v) is 13.2. The summed E-state index contributed by atoms with van der Waals surface area (Å²) in [5.41, 5.74) is 5.47. The molecule has 2 N–H and O–H groups in total. The van der Waals surface area contributed by atoms with Gasteiger partial charge in [0, 0.05) is 28.1 Å². The lowest BCUT2D eigenvalue weighted by Crippen LogP contribution is -2.24. The molecule has 0 radical (unpaired) electrons. The fourth-order valence-corrected chi connectivity index (χ4v) is 2.06. The lowest BCUT2D eigenvalue weighted by atomic mass is 10.2. The van der Waals surface area contributed by atoms with Crippen molar-refractivity contribution in [1.29, 1.82) is 0 Å². The van der Waals surface area contributed by atoms with Gasteiger partial charge in [0.05, 0.1) is 5.71 Å². The number of hydrogen-bond donors (Lipinski definition) is 2. The number of rotatable bonds is 3. The molecule has 0 fully saturated rings. The van der Waals surface area contributed by atoms with Crippen molar-refractivity contribution in [3.63, 3.8) is 0 Å². The van der Waals surface area contributed by atoms with E-state index >= 15 is 0 Å². The molecule has 2 rings (SSSR count). The molecule has 4 nitrogen and oxygen atoms in total. The number of hydrazone groups is 1. The topological polar surface area (TPSA) is 49.3 Å². The maximum Gasteiger partial charge on any atom is 0.191 e. The van der Waals surface area contributed by atoms with Crippen LogP contribution >= 0.6 is 28.1 Å². The highest BCUT2D eigenvalue weighted by Gasteiger charge is 1.99. The van der Waals surface area contributed by atoms with E-state index in [4.69, 9.17) is 12.2 Å². The van der Waals surface area contributed by atoms with Gasteiger partial charge in [0.15, 0.2) is 5.11 Å². The number of thiocarbonyl (C=S) groups is 1. The standard InChI is InChI=1S/C14H13BrN4S/c1-10(11-4-3-7-16-9-11)18-19-14(20)17-13-6-2-5-12(15)8-13/h2-9H,1H3,(H2,17,19,20)/b18-10-. The van der Waals surface area contributed by atoms with Crippen LogP contribution in [0.2, 0.25) is 0 Å². The molecule has 2 aromatic rings. The summed E-state index contributed by atoms with van der Waals surface area (Å²) in [5, 5.41) is 7.72. The summed E-state index contributed by atoms with van der Waals surface area (Å²) in [4.78, 5) is 4.05. The van der Waals surface area contributed by atoms with Gasteiger partial charge >= 0.3 is 0 Å². The first kappa shape index (κ1) is 14.6. The molecule has 0 saturated heterocycles. The van der Waals surface area contributed by atoms with Crippen molar-refractivity contribution >= 4 is 44.7 Å². The molecule has 0 bridgehead atoms. The van der Waals surface area contributed by atoms with E-state index in [-0.39, 0.29) is 0 Å². The molecular formula is C14H13BrN4S. The molecule has 102 valence electrons. The second-order valence-electron chi connectivity index (χ2n) is 4.02. The zero-order valence-electron chi connectivity index (χ0n) is 10.8. The minimum atomic E-state index is 0.436. The van der Waals surface area contributed by atoms with Gasteiger partial charge < -0.3 is 5.32 Å². The normalized spacial score (nSPS) is 11.0. The Labute approximate surface area is 131 Å². The van der Waals surface area contributed by atoms with Gasteiger partial charge in [-0.3, -0.25) is 10.4 Å². The summed E-state index contributed by atoms with van der Waals surface area (Å²) in [6, 6.07) is 11.6. The largest absolute Gasteiger partial charge is 0.331 e. The lowest BCUT2D eigenvalue weighted by Gasteiger charge is -2.08. The molecule has 1 heterocycles. The third-order valence-electron chi connectivity index (χ3n) is 2.49. The van der Waals surface area contributed by atoms with E-state index < -0.39 is 0 Å². The highest BCUT2D eigenvalue weighted by atomic mass is 79.9. The molecule has 0 aliphatic heterocycles. The molecule has 1 aromatic heterocycles. The van der Waals surface area contributed by atoms with E-state index in [0.717, 1.165) is 21.4 Å². The summed E-state index contributed by atoms with van der Waals surface area (Å²) < 4.78 is 0.986. The minimum absolute atomic E-state index is 0.436. The molecule has 0 saturated carbocycles. The molecule has 0 amide bonds. The molecule has 0 unspecified atom stereocenters. The van der Waals surface area contributed by atoms with Crippen molar-refractivity contribution in [2.45, 2.75) is 6.92 Å². The predicted molar refractivity (Wildman–Crippen MR) is 89.9 cm³/mol. The Hall–Kier alpha value is -1.79. The minimum Gasteiger partial charge on any atom is -0.331 e. The molecular weight excluding hydrogens is 336 g/mol. The van der Waals surface area contributed by atoms with Crippen molar-refractivity contribution in [1.82, 2.24) is 10.4 Å². The molecule has 0 spiro atoms. The predicted octanol–water partition coefficient (Wildman–Crippen LogP) is 3.55. The van der Waals surface area contributed by atoms with E-state index in [9.17, 15) is 0 Å². The van der Waals surface area contributed by atoms with Crippen LogP contribution in [0.15, 0.2) is 58.4 Å². The second-order valence-corrected chi connectivity index (χ2v) is 5.34. The Kier molecular flexibility index (Phi) is 5.20. The number of nitrogens with one attached hydrogen (secondary N) is 2. The van der Waals surface area contributed by atoms with Crippen LogP contribution in [-0.2, 0) is 0 Å². The highest BCUT2D eigenvalue weighted by molar-refractivity contribution is 9.10. The van der Waals surface area contributed by atoms with E-state index in [1.807, 2.05) is 43.3 Å². The number of aromatic nitrogens is 1. The number of halogens is 1. The van der Waals surface area contributed by atoms with Crippen LogP contribution in [-0.4, -0.2) is 15.8 Å². The Bertz CT molecular complexity index is 628. The quantitative estimate of drug-likeness (QED) is 0.505. The third kappa shape index (κ3) is 4.40. The van der Waals surface area contributed by atoms with E-state index in [0.29, 0.717) is 5.11 Å². The molecule has 6 heteroatoms. The van der Waals surface area contributed by atoms with Crippen LogP contribution < -0.4 is 10.7 Å². The third-order valence-corrected chi connectivity index (χ3v) is 3.17. The smallest absolute Gasteiger partial charge is 0.191 e. The summed E-state index contributed by atoms with van der Waals surface area (Å²) in [7, 11) is 0. The molecule has 0 aliphatic rings. The van der Waals surface area contributed by atoms with Crippen LogP contribution in [0.5, 0.6) is 0 Å². The van der Waals surface area contributed by atoms with Gasteiger partial charge in [0.25, 0.3) is 0 Å². The van der Waals surface area contributed by atoms with E-state index in [1.54, 1.807) is 12.4 Å². The van der Waals surface area contributed by atoms with Crippen LogP contribution in [0.3, 0.4) is 0 Å². The number of nitrogens with zero attached hydrogens (tertiary/aromatic N) is 2. The van der Waals surface area contributed by atoms with Crippen LogP contribution in [0.4, 0.5) is 5.69 Å². The Morgan fingerprint density at radius 2 is 2.15 bits per heavy atom. The molecule has 0 atom stereocenters. The fraction of sp³-hybridized carbons (Fsp3) is 0.0714. The SMILES string of the molecule is C/C(=N/NC(=S)Nc1cccc(Br)c1)c1cccnc1. The molecule has 1 aromatic carbocycles. The monoisotopic (exact) mass is 348 g/mol. The van der Waals surface area contributed by atoms with Crippen molar-refractivity contribution < 1.29 is 0 Å². The van der Waals surface area contributed by atoms with Gasteiger partial charge in [-0.05, 0) is 43.4 Å². The summed E-state index contributed by atoms with van der Waals surface area (Å²) >= 11 is 8.59. The van der Waals surface area contributed by atoms with Crippen molar-refractivity contribution in [3.8, 4) is 0 Å². The van der Waals surface area contributed by atoms with Crippen LogP contribution in [0.1, 0.15) is 12.5 Å². The first-order valence-electron chi connectivity index (χ1n) is 5.92. The second kappa shape index (κ2) is 7.12. The van der Waals surface area contributed by atoms with Crippen LogP contribution in [0.25, 0.3) is 0 Å². The van der Waals surface area contributed by atoms with Gasteiger partial charge in [0.2, 0.25) is 0 Å². The number of pyridine rings is 1. The average Bonchev–Trinajstić information content (AvgIpc) is 2.46. The Morgan fingerprint density at radius 3 is 2.85 bits per heavy atom. The lowest BCUT2D eigenvalue weighted by molar-refractivity contribution is 1.04. The van der Waals surface area contributed by atoms with Crippen molar-refractivity contribution in [2.24, 2.45) is 5.10 Å². The van der Waals surface area contributed by atoms with Gasteiger partial charge in [-0.2, -0.15) is 5.10 Å². The maximum absolute atomic E-state index is 5.19. The molecule has 0 aliphatic carbocycles.